The first-order valence-electron chi connectivity index (χ1n) is 7.77. The highest BCUT2D eigenvalue weighted by Gasteiger charge is 2.51. The number of amides is 2. The molecule has 0 aromatic rings. The third kappa shape index (κ3) is 2.84. The molecule has 1 N–H and O–H groups in total. The highest BCUT2D eigenvalue weighted by Crippen LogP contribution is 2.42. The molecule has 1 saturated heterocycles. The van der Waals surface area contributed by atoms with Gasteiger partial charge in [-0.25, -0.2) is 0 Å². The first kappa shape index (κ1) is 15.3. The Labute approximate surface area is 122 Å². The highest BCUT2D eigenvalue weighted by atomic mass is 16.2. The van der Waals surface area contributed by atoms with Gasteiger partial charge in [0.15, 0.2) is 0 Å². The summed E-state index contributed by atoms with van der Waals surface area (Å²) in [7, 11) is 0. The molecule has 2 fully saturated rings. The lowest BCUT2D eigenvalue weighted by Gasteiger charge is -2.38. The average Bonchev–Trinajstić information content (AvgIpc) is 3.16. The Bertz CT molecular complexity index is 413. The fraction of sp³-hybridized carbons (Fsp3) is 0.875. The Morgan fingerprint density at radius 2 is 1.95 bits per heavy atom. The molecule has 0 aromatic heterocycles. The maximum absolute atomic E-state index is 12.9. The van der Waals surface area contributed by atoms with E-state index in [9.17, 15) is 9.59 Å². The minimum absolute atomic E-state index is 0.0117. The molecular weight excluding hydrogens is 252 g/mol. The van der Waals surface area contributed by atoms with E-state index in [1.165, 1.54) is 0 Å². The second kappa shape index (κ2) is 5.05. The summed E-state index contributed by atoms with van der Waals surface area (Å²) < 4.78 is 0. The molecule has 20 heavy (non-hydrogen) atoms. The van der Waals surface area contributed by atoms with Crippen LogP contribution in [0.15, 0.2) is 0 Å². The Morgan fingerprint density at radius 3 is 2.45 bits per heavy atom. The lowest BCUT2D eigenvalue weighted by molar-refractivity contribution is -0.140. The van der Waals surface area contributed by atoms with Crippen LogP contribution in [0, 0.1) is 17.3 Å². The molecule has 2 aliphatic rings. The SMILES string of the molecule is CC(C)C(C)(C)CN1CCC(=O)NC(C)(C2CC2)C1=O. The molecule has 1 aliphatic carbocycles. The molecular formula is C16H28N2O2. The Hall–Kier alpha value is -1.06. The van der Waals surface area contributed by atoms with Gasteiger partial charge in [0.1, 0.15) is 5.54 Å². The van der Waals surface area contributed by atoms with E-state index in [1.54, 1.807) is 0 Å². The van der Waals surface area contributed by atoms with Crippen molar-refractivity contribution >= 4 is 11.8 Å². The van der Waals surface area contributed by atoms with Crippen LogP contribution < -0.4 is 5.32 Å². The van der Waals surface area contributed by atoms with Gasteiger partial charge >= 0.3 is 0 Å². The van der Waals surface area contributed by atoms with E-state index in [2.05, 4.69) is 33.0 Å². The average molecular weight is 280 g/mol. The minimum atomic E-state index is -0.680. The maximum atomic E-state index is 12.9. The molecule has 114 valence electrons. The van der Waals surface area contributed by atoms with E-state index in [-0.39, 0.29) is 17.2 Å². The van der Waals surface area contributed by atoms with E-state index in [4.69, 9.17) is 0 Å². The van der Waals surface area contributed by atoms with Gasteiger partial charge in [-0.2, -0.15) is 0 Å². The molecule has 0 aromatic carbocycles. The normalized spacial score (nSPS) is 28.6. The van der Waals surface area contributed by atoms with Gasteiger partial charge in [0.25, 0.3) is 0 Å². The van der Waals surface area contributed by atoms with Crippen molar-refractivity contribution in [3.8, 4) is 0 Å². The van der Waals surface area contributed by atoms with Crippen LogP contribution >= 0.6 is 0 Å². The van der Waals surface area contributed by atoms with Crippen LogP contribution in [0.2, 0.25) is 0 Å². The lowest BCUT2D eigenvalue weighted by Crippen LogP contribution is -2.57. The van der Waals surface area contributed by atoms with Crippen molar-refractivity contribution in [3.63, 3.8) is 0 Å². The smallest absolute Gasteiger partial charge is 0.248 e. The van der Waals surface area contributed by atoms with Gasteiger partial charge in [-0.05, 0) is 37.0 Å². The van der Waals surface area contributed by atoms with Crippen molar-refractivity contribution < 1.29 is 9.59 Å². The van der Waals surface area contributed by atoms with Crippen molar-refractivity contribution in [3.05, 3.63) is 0 Å². The molecule has 0 spiro atoms. The van der Waals surface area contributed by atoms with Crippen LogP contribution in [0.25, 0.3) is 0 Å². The maximum Gasteiger partial charge on any atom is 0.248 e. The van der Waals surface area contributed by atoms with E-state index >= 15 is 0 Å². The molecule has 1 heterocycles. The molecule has 1 unspecified atom stereocenters. The predicted octanol–water partition coefficient (Wildman–Crippen LogP) is 2.19. The molecule has 2 rings (SSSR count). The van der Waals surface area contributed by atoms with Gasteiger partial charge in [-0.15, -0.1) is 0 Å². The van der Waals surface area contributed by atoms with Crippen LogP contribution in [0.4, 0.5) is 0 Å². The van der Waals surface area contributed by atoms with E-state index in [0.717, 1.165) is 19.4 Å². The molecule has 0 radical (unpaired) electrons. The van der Waals surface area contributed by atoms with Crippen molar-refractivity contribution in [2.24, 2.45) is 17.3 Å². The van der Waals surface area contributed by atoms with Gasteiger partial charge in [0, 0.05) is 19.5 Å². The van der Waals surface area contributed by atoms with Crippen LogP contribution in [-0.4, -0.2) is 35.3 Å². The Balaban J connectivity index is 2.20. The van der Waals surface area contributed by atoms with E-state index in [1.807, 2.05) is 11.8 Å². The fourth-order valence-corrected chi connectivity index (χ4v) is 2.83. The number of nitrogens with one attached hydrogen (secondary N) is 1. The molecule has 4 heteroatoms. The third-order valence-electron chi connectivity index (χ3n) is 5.29. The molecule has 2 amide bonds. The number of rotatable bonds is 4. The van der Waals surface area contributed by atoms with E-state index < -0.39 is 5.54 Å². The molecule has 4 nitrogen and oxygen atoms in total. The predicted molar refractivity (Wildman–Crippen MR) is 79.1 cm³/mol. The standard InChI is InChI=1S/C16H28N2O2/c1-11(2)15(3,4)10-18-9-8-13(19)17-16(5,14(18)20)12-6-7-12/h11-12H,6-10H2,1-5H3,(H,17,19). The number of carbonyl (C=O) groups excluding carboxylic acids is 2. The lowest BCUT2D eigenvalue weighted by atomic mass is 9.80. The summed E-state index contributed by atoms with van der Waals surface area (Å²) in [6.45, 7) is 11.9. The number of hydrogen-bond acceptors (Lipinski definition) is 2. The topological polar surface area (TPSA) is 49.4 Å². The largest absolute Gasteiger partial charge is 0.342 e. The van der Waals surface area contributed by atoms with Gasteiger partial charge in [-0.3, -0.25) is 9.59 Å². The summed E-state index contributed by atoms with van der Waals surface area (Å²) >= 11 is 0. The van der Waals surface area contributed by atoms with Crippen molar-refractivity contribution in [1.82, 2.24) is 10.2 Å². The molecule has 1 saturated carbocycles. The second-order valence-corrected chi connectivity index (χ2v) is 7.64. The number of nitrogens with zero attached hydrogens (tertiary/aromatic N) is 1. The highest BCUT2D eigenvalue weighted by molar-refractivity contribution is 5.93. The van der Waals surface area contributed by atoms with Crippen LogP contribution in [-0.2, 0) is 9.59 Å². The summed E-state index contributed by atoms with van der Waals surface area (Å²) in [6.07, 6.45) is 2.51. The zero-order chi connectivity index (χ0) is 15.1. The third-order valence-corrected chi connectivity index (χ3v) is 5.29. The van der Waals surface area contributed by atoms with Gasteiger partial charge in [-0.1, -0.05) is 27.7 Å². The van der Waals surface area contributed by atoms with Crippen molar-refractivity contribution in [2.75, 3.05) is 13.1 Å². The van der Waals surface area contributed by atoms with Crippen LogP contribution in [0.5, 0.6) is 0 Å². The summed E-state index contributed by atoms with van der Waals surface area (Å²) in [5.41, 5.74) is -0.617. The Kier molecular flexibility index (Phi) is 3.87. The van der Waals surface area contributed by atoms with Crippen molar-refractivity contribution in [2.45, 2.75) is 59.4 Å². The van der Waals surface area contributed by atoms with Gasteiger partial charge in [0.05, 0.1) is 0 Å². The summed E-state index contributed by atoms with van der Waals surface area (Å²) in [5, 5.41) is 2.98. The summed E-state index contributed by atoms with van der Waals surface area (Å²) in [5.74, 6) is 0.938. The first-order valence-corrected chi connectivity index (χ1v) is 7.77. The van der Waals surface area contributed by atoms with Gasteiger partial charge in [0.2, 0.25) is 11.8 Å². The van der Waals surface area contributed by atoms with Crippen LogP contribution in [0.3, 0.4) is 0 Å². The zero-order valence-electron chi connectivity index (χ0n) is 13.5. The Morgan fingerprint density at radius 1 is 1.35 bits per heavy atom. The minimum Gasteiger partial charge on any atom is -0.342 e. The number of carbonyl (C=O) groups is 2. The molecule has 1 atom stereocenters. The molecule has 0 bridgehead atoms. The second-order valence-electron chi connectivity index (χ2n) is 7.64. The van der Waals surface area contributed by atoms with Crippen molar-refractivity contribution in [1.29, 1.82) is 0 Å². The quantitative estimate of drug-likeness (QED) is 0.858. The molecule has 1 aliphatic heterocycles. The van der Waals surface area contributed by atoms with Crippen LogP contribution in [0.1, 0.15) is 53.9 Å². The summed E-state index contributed by atoms with van der Waals surface area (Å²) in [4.78, 5) is 26.8. The monoisotopic (exact) mass is 280 g/mol. The fourth-order valence-electron chi connectivity index (χ4n) is 2.83. The zero-order valence-corrected chi connectivity index (χ0v) is 13.5. The number of hydrogen-bond donors (Lipinski definition) is 1. The summed E-state index contributed by atoms with van der Waals surface area (Å²) in [6, 6.07) is 0. The van der Waals surface area contributed by atoms with E-state index in [0.29, 0.717) is 24.8 Å². The van der Waals surface area contributed by atoms with Gasteiger partial charge < -0.3 is 10.2 Å². The first-order chi connectivity index (χ1) is 9.17.